The van der Waals surface area contributed by atoms with Crippen LogP contribution in [0.4, 0.5) is 0 Å². The summed E-state index contributed by atoms with van der Waals surface area (Å²) in [7, 11) is -3.15. The average molecular weight is 568 g/mol. The Morgan fingerprint density at radius 3 is 2.00 bits per heavy atom. The van der Waals surface area contributed by atoms with Crippen LogP contribution in [0.2, 0.25) is 0 Å². The van der Waals surface area contributed by atoms with E-state index in [-0.39, 0.29) is 29.2 Å². The van der Waals surface area contributed by atoms with E-state index in [1.807, 2.05) is 39.8 Å². The van der Waals surface area contributed by atoms with Gasteiger partial charge in [-0.05, 0) is 84.6 Å². The summed E-state index contributed by atoms with van der Waals surface area (Å²) in [6.45, 7) is 9.39. The third-order valence-corrected chi connectivity index (χ3v) is 10.2. The molecule has 3 fully saturated rings. The molecule has 11 heteroatoms. The summed E-state index contributed by atoms with van der Waals surface area (Å²) in [5.41, 5.74) is 4.07. The summed E-state index contributed by atoms with van der Waals surface area (Å²) in [6, 6.07) is 7.28. The predicted octanol–water partition coefficient (Wildman–Crippen LogP) is 4.86. The molecule has 1 aliphatic carbocycles. The number of aromatic nitrogens is 4. The first-order valence-electron chi connectivity index (χ1n) is 13.8. The van der Waals surface area contributed by atoms with Gasteiger partial charge in [0.15, 0.2) is 5.75 Å². The Hall–Kier alpha value is -3.31. The lowest BCUT2D eigenvalue weighted by molar-refractivity contribution is 0.0906. The van der Waals surface area contributed by atoms with Gasteiger partial charge in [-0.3, -0.25) is 9.97 Å². The number of nitrogens with zero attached hydrogens (tertiary/aromatic N) is 5. The number of aromatic hydroxyl groups is 1. The van der Waals surface area contributed by atoms with Crippen LogP contribution in [0.3, 0.4) is 0 Å². The number of hydrogen-bond acceptors (Lipinski definition) is 9. The van der Waals surface area contributed by atoms with E-state index in [1.165, 1.54) is 6.33 Å². The van der Waals surface area contributed by atoms with Crippen LogP contribution < -0.4 is 9.47 Å². The van der Waals surface area contributed by atoms with E-state index >= 15 is 0 Å². The van der Waals surface area contributed by atoms with E-state index in [4.69, 9.17) is 14.6 Å². The van der Waals surface area contributed by atoms with E-state index < -0.39 is 10.0 Å². The molecule has 2 atom stereocenters. The first-order valence-corrected chi connectivity index (χ1v) is 15.3. The summed E-state index contributed by atoms with van der Waals surface area (Å²) in [5, 5.41) is 8.83. The van der Waals surface area contributed by atoms with Crippen LogP contribution >= 0.6 is 0 Å². The lowest BCUT2D eigenvalue weighted by Crippen LogP contribution is -2.50. The molecular formula is C29H37N5O5S. The van der Waals surface area contributed by atoms with Crippen LogP contribution in [0.15, 0.2) is 30.6 Å². The standard InChI is InChI=1S/C22H28N4O4S.C7H9NO/c1-13-4-9-20(15(3)25-13)30-22-14(2)21(23-12-24-22)29-18-10-16-5-6-17(11-18)26(16)31(27,28)19-7-8-19;1-5-3-4-7(9)6(2)8-5/h4,9,12,16-19H,5-8,10-11H2,1-3H3;3-4,9H,1-2H3/t16-,17-;/m0./s1. The van der Waals surface area contributed by atoms with Crippen LogP contribution in [0.25, 0.3) is 0 Å². The summed E-state index contributed by atoms with van der Waals surface area (Å²) in [5.74, 6) is 1.84. The van der Waals surface area contributed by atoms with E-state index in [0.29, 0.717) is 36.0 Å². The molecule has 3 aromatic rings. The molecule has 40 heavy (non-hydrogen) atoms. The normalized spacial score (nSPS) is 22.4. The molecule has 2 saturated heterocycles. The Morgan fingerprint density at radius 2 is 1.43 bits per heavy atom. The van der Waals surface area contributed by atoms with Gasteiger partial charge in [-0.25, -0.2) is 18.4 Å². The zero-order chi connectivity index (χ0) is 28.6. The van der Waals surface area contributed by atoms with Gasteiger partial charge in [0.05, 0.1) is 22.2 Å². The van der Waals surface area contributed by atoms with Gasteiger partial charge >= 0.3 is 0 Å². The third-order valence-electron chi connectivity index (χ3n) is 7.71. The lowest BCUT2D eigenvalue weighted by Gasteiger charge is -2.37. The highest BCUT2D eigenvalue weighted by molar-refractivity contribution is 7.90. The maximum absolute atomic E-state index is 12.8. The molecule has 0 radical (unpaired) electrons. The molecule has 0 unspecified atom stereocenters. The highest BCUT2D eigenvalue weighted by Crippen LogP contribution is 2.44. The van der Waals surface area contributed by atoms with Gasteiger partial charge in [-0.1, -0.05) is 0 Å². The number of ether oxygens (including phenoxy) is 2. The second-order valence-corrected chi connectivity index (χ2v) is 13.1. The zero-order valence-electron chi connectivity index (χ0n) is 23.7. The monoisotopic (exact) mass is 567 g/mol. The van der Waals surface area contributed by atoms with Crippen molar-refractivity contribution in [2.24, 2.45) is 0 Å². The molecular weight excluding hydrogens is 530 g/mol. The zero-order valence-corrected chi connectivity index (χ0v) is 24.5. The number of rotatable bonds is 6. The number of fused-ring (bicyclic) bond motifs is 2. The molecule has 1 N–H and O–H groups in total. The number of aryl methyl sites for hydroxylation is 4. The van der Waals surface area contributed by atoms with Crippen molar-refractivity contribution in [1.29, 1.82) is 0 Å². The smallest absolute Gasteiger partial charge is 0.229 e. The minimum Gasteiger partial charge on any atom is -0.506 e. The summed E-state index contributed by atoms with van der Waals surface area (Å²) in [4.78, 5) is 17.1. The van der Waals surface area contributed by atoms with Crippen molar-refractivity contribution in [2.75, 3.05) is 0 Å². The van der Waals surface area contributed by atoms with Gasteiger partial charge in [0, 0.05) is 36.3 Å². The first-order chi connectivity index (χ1) is 19.0. The van der Waals surface area contributed by atoms with Crippen molar-refractivity contribution in [2.45, 2.75) is 96.6 Å². The fourth-order valence-corrected chi connectivity index (χ4v) is 7.79. The minimum atomic E-state index is -3.15. The fourth-order valence-electron chi connectivity index (χ4n) is 5.50. The van der Waals surface area contributed by atoms with Crippen LogP contribution in [-0.2, 0) is 10.0 Å². The summed E-state index contributed by atoms with van der Waals surface area (Å²) >= 11 is 0. The molecule has 0 spiro atoms. The van der Waals surface area contributed by atoms with Crippen molar-refractivity contribution in [3.05, 3.63) is 58.9 Å². The van der Waals surface area contributed by atoms with Gasteiger partial charge in [0.1, 0.15) is 18.2 Å². The lowest BCUT2D eigenvalue weighted by atomic mass is 10.0. The van der Waals surface area contributed by atoms with Crippen LogP contribution in [0, 0.1) is 34.6 Å². The topological polar surface area (TPSA) is 128 Å². The van der Waals surface area contributed by atoms with Gasteiger partial charge < -0.3 is 14.6 Å². The van der Waals surface area contributed by atoms with Gasteiger partial charge in [-0.2, -0.15) is 4.31 Å². The van der Waals surface area contributed by atoms with Crippen molar-refractivity contribution in [3.63, 3.8) is 0 Å². The van der Waals surface area contributed by atoms with Crippen LogP contribution in [-0.4, -0.2) is 61.2 Å². The van der Waals surface area contributed by atoms with Crippen molar-refractivity contribution in [3.8, 4) is 23.3 Å². The number of piperidine rings is 1. The molecule has 3 aliphatic rings. The molecule has 1 saturated carbocycles. The SMILES string of the molecule is Cc1ccc(O)c(C)n1.Cc1ccc(Oc2ncnc(OC3C[C@@H]4CC[C@@H](C3)N4S(=O)(=O)C3CC3)c2C)c(C)n1. The minimum absolute atomic E-state index is 0.0356. The second-order valence-electron chi connectivity index (χ2n) is 11.0. The summed E-state index contributed by atoms with van der Waals surface area (Å²) < 4.78 is 39.7. The van der Waals surface area contributed by atoms with Gasteiger partial charge in [0.2, 0.25) is 21.8 Å². The highest BCUT2D eigenvalue weighted by atomic mass is 32.2. The molecule has 6 rings (SSSR count). The van der Waals surface area contributed by atoms with E-state index in [9.17, 15) is 8.42 Å². The maximum Gasteiger partial charge on any atom is 0.229 e. The largest absolute Gasteiger partial charge is 0.506 e. The highest BCUT2D eigenvalue weighted by Gasteiger charge is 2.52. The second kappa shape index (κ2) is 11.3. The molecule has 3 aromatic heterocycles. The van der Waals surface area contributed by atoms with Gasteiger partial charge in [-0.15, -0.1) is 0 Å². The molecule has 2 aliphatic heterocycles. The Morgan fingerprint density at radius 1 is 0.825 bits per heavy atom. The van der Waals surface area contributed by atoms with Crippen LogP contribution in [0.1, 0.15) is 66.9 Å². The fraction of sp³-hybridized carbons (Fsp3) is 0.517. The Balaban J connectivity index is 0.000000306. The quantitative estimate of drug-likeness (QED) is 0.444. The first kappa shape index (κ1) is 28.2. The molecule has 5 heterocycles. The molecule has 2 bridgehead atoms. The number of hydrogen-bond donors (Lipinski definition) is 1. The third kappa shape index (κ3) is 6.05. The Kier molecular flexibility index (Phi) is 7.96. The van der Waals surface area contributed by atoms with E-state index in [1.54, 1.807) is 23.4 Å². The predicted molar refractivity (Wildman–Crippen MR) is 150 cm³/mol. The molecule has 0 aromatic carbocycles. The maximum atomic E-state index is 12.8. The number of sulfonamides is 1. The number of pyridine rings is 2. The Labute approximate surface area is 235 Å². The molecule has 0 amide bonds. The average Bonchev–Trinajstić information content (AvgIpc) is 3.72. The Bertz CT molecular complexity index is 1480. The van der Waals surface area contributed by atoms with Crippen molar-refractivity contribution in [1.82, 2.24) is 24.2 Å². The van der Waals surface area contributed by atoms with Crippen molar-refractivity contribution >= 4 is 10.0 Å². The summed E-state index contributed by atoms with van der Waals surface area (Å²) in [6.07, 6.45) is 6.20. The van der Waals surface area contributed by atoms with Crippen molar-refractivity contribution < 1.29 is 23.0 Å². The van der Waals surface area contributed by atoms with Gasteiger partial charge in [0.25, 0.3) is 0 Å². The van der Waals surface area contributed by atoms with Crippen LogP contribution in [0.5, 0.6) is 23.3 Å². The van der Waals surface area contributed by atoms with E-state index in [0.717, 1.165) is 48.3 Å². The molecule has 10 nitrogen and oxygen atoms in total. The molecule has 214 valence electrons. The van der Waals surface area contributed by atoms with E-state index in [2.05, 4.69) is 19.9 Å².